The quantitative estimate of drug-likeness (QED) is 0.0308. The SMILES string of the molecule is CCCCCCCCCCCCCCCCCCC/C=C/CC/C=C/CC/C=C/CCCC(O)C(O)C(CO)NC(=O)C(O)CCCCCCCCCCCCCCCCCCCCCCCCC. The van der Waals surface area contributed by atoms with Gasteiger partial charge in [-0.05, 0) is 64.2 Å². The van der Waals surface area contributed by atoms with Gasteiger partial charge in [0.25, 0.3) is 0 Å². The largest absolute Gasteiger partial charge is 0.394 e. The molecule has 0 aromatic rings. The van der Waals surface area contributed by atoms with Crippen LogP contribution in [0.4, 0.5) is 0 Å². The zero-order valence-corrected chi connectivity index (χ0v) is 46.3. The van der Waals surface area contributed by atoms with Gasteiger partial charge in [0, 0.05) is 0 Å². The molecule has 0 heterocycles. The molecular weight excluding hydrogens is 851 g/mol. The van der Waals surface area contributed by atoms with Crippen LogP contribution in [0.2, 0.25) is 0 Å². The van der Waals surface area contributed by atoms with Gasteiger partial charge in [0.2, 0.25) is 5.91 Å². The Morgan fingerprint density at radius 3 is 0.913 bits per heavy atom. The monoisotopic (exact) mass is 972 g/mol. The van der Waals surface area contributed by atoms with E-state index < -0.39 is 36.9 Å². The molecule has 0 saturated heterocycles. The number of carbonyl (C=O) groups is 1. The van der Waals surface area contributed by atoms with Crippen LogP contribution in [0, 0.1) is 0 Å². The van der Waals surface area contributed by atoms with Crippen LogP contribution in [0.15, 0.2) is 36.5 Å². The van der Waals surface area contributed by atoms with Crippen LogP contribution in [-0.4, -0.2) is 57.3 Å². The van der Waals surface area contributed by atoms with Crippen molar-refractivity contribution in [1.82, 2.24) is 5.32 Å². The lowest BCUT2D eigenvalue weighted by atomic mass is 10.00. The molecular formula is C63H121NO5. The first-order valence-corrected chi connectivity index (χ1v) is 30.9. The van der Waals surface area contributed by atoms with Gasteiger partial charge >= 0.3 is 0 Å². The molecule has 4 unspecified atom stereocenters. The number of unbranched alkanes of at least 4 members (excludes halogenated alkanes) is 42. The molecule has 0 bridgehead atoms. The fourth-order valence-corrected chi connectivity index (χ4v) is 9.74. The van der Waals surface area contributed by atoms with E-state index in [1.807, 2.05) is 0 Å². The highest BCUT2D eigenvalue weighted by Gasteiger charge is 2.28. The summed E-state index contributed by atoms with van der Waals surface area (Å²) in [6.07, 6.45) is 72.4. The van der Waals surface area contributed by atoms with Crippen LogP contribution in [0.5, 0.6) is 0 Å². The number of aliphatic hydroxyl groups is 4. The predicted octanol–water partition coefficient (Wildman–Crippen LogP) is 18.4. The molecule has 0 aliphatic carbocycles. The van der Waals surface area contributed by atoms with Crippen molar-refractivity contribution in [3.05, 3.63) is 36.5 Å². The average Bonchev–Trinajstić information content (AvgIpc) is 3.35. The standard InChI is InChI=1S/C63H121NO5/c1-3-5-7-9-11-13-15-17-19-21-23-25-27-28-29-30-31-32-33-35-36-38-40-42-44-46-48-50-52-54-56-60(66)62(68)59(58-65)64-63(69)61(67)57-55-53-51-49-47-45-43-41-39-37-34-26-24-22-20-18-16-14-12-10-8-6-4-2/h33,35,40,42,48,50,59-62,65-68H,3-32,34,36-39,41,43-47,49,51-58H2,1-2H3,(H,64,69)/b35-33+,42-40+,50-48+. The number of nitrogens with one attached hydrogen (secondary N) is 1. The number of hydrogen-bond acceptors (Lipinski definition) is 5. The van der Waals surface area contributed by atoms with E-state index in [-0.39, 0.29) is 0 Å². The molecule has 5 N–H and O–H groups in total. The van der Waals surface area contributed by atoms with Crippen molar-refractivity contribution in [3.63, 3.8) is 0 Å². The molecule has 0 radical (unpaired) electrons. The Balaban J connectivity index is 3.66. The molecule has 6 nitrogen and oxygen atoms in total. The Kier molecular flexibility index (Phi) is 56.2. The highest BCUT2D eigenvalue weighted by Crippen LogP contribution is 2.18. The number of hydrogen-bond donors (Lipinski definition) is 5. The average molecular weight is 973 g/mol. The minimum atomic E-state index is -1.29. The van der Waals surface area contributed by atoms with Crippen LogP contribution in [-0.2, 0) is 4.79 Å². The molecule has 408 valence electrons. The first-order chi connectivity index (χ1) is 34.0. The van der Waals surface area contributed by atoms with Gasteiger partial charge < -0.3 is 25.7 Å². The third-order valence-corrected chi connectivity index (χ3v) is 14.6. The zero-order valence-electron chi connectivity index (χ0n) is 46.3. The van der Waals surface area contributed by atoms with E-state index in [2.05, 4.69) is 55.6 Å². The second-order valence-corrected chi connectivity index (χ2v) is 21.4. The lowest BCUT2D eigenvalue weighted by molar-refractivity contribution is -0.132. The molecule has 4 atom stereocenters. The van der Waals surface area contributed by atoms with Crippen molar-refractivity contribution >= 4 is 5.91 Å². The van der Waals surface area contributed by atoms with Crippen LogP contribution in [0.25, 0.3) is 0 Å². The van der Waals surface area contributed by atoms with Crippen LogP contribution >= 0.6 is 0 Å². The van der Waals surface area contributed by atoms with Gasteiger partial charge in [-0.15, -0.1) is 0 Å². The van der Waals surface area contributed by atoms with E-state index in [0.29, 0.717) is 19.3 Å². The van der Waals surface area contributed by atoms with Crippen LogP contribution in [0.3, 0.4) is 0 Å². The summed E-state index contributed by atoms with van der Waals surface area (Å²) in [6, 6.07) is -1.01. The molecule has 69 heavy (non-hydrogen) atoms. The van der Waals surface area contributed by atoms with E-state index in [1.165, 1.54) is 244 Å². The fourth-order valence-electron chi connectivity index (χ4n) is 9.74. The maximum atomic E-state index is 12.6. The summed E-state index contributed by atoms with van der Waals surface area (Å²) in [5.41, 5.74) is 0. The fraction of sp³-hybridized carbons (Fsp3) is 0.889. The van der Waals surface area contributed by atoms with Crippen molar-refractivity contribution in [3.8, 4) is 0 Å². The van der Waals surface area contributed by atoms with E-state index in [9.17, 15) is 25.2 Å². The minimum Gasteiger partial charge on any atom is -0.394 e. The number of aliphatic hydroxyl groups excluding tert-OH is 4. The van der Waals surface area contributed by atoms with E-state index in [0.717, 1.165) is 51.4 Å². The zero-order chi connectivity index (χ0) is 50.2. The molecule has 0 aromatic carbocycles. The van der Waals surface area contributed by atoms with Gasteiger partial charge in [0.1, 0.15) is 12.2 Å². The molecule has 0 aliphatic heterocycles. The third-order valence-electron chi connectivity index (χ3n) is 14.6. The molecule has 0 aromatic heterocycles. The Morgan fingerprint density at radius 2 is 0.609 bits per heavy atom. The summed E-state index contributed by atoms with van der Waals surface area (Å²) >= 11 is 0. The van der Waals surface area contributed by atoms with Gasteiger partial charge in [-0.1, -0.05) is 301 Å². The lowest BCUT2D eigenvalue weighted by Gasteiger charge is -2.27. The normalized spacial score (nSPS) is 13.9. The molecule has 0 spiro atoms. The summed E-state index contributed by atoms with van der Waals surface area (Å²) in [6.45, 7) is 4.08. The summed E-state index contributed by atoms with van der Waals surface area (Å²) in [4.78, 5) is 12.6. The third kappa shape index (κ3) is 51.2. The first-order valence-electron chi connectivity index (χ1n) is 30.9. The molecule has 6 heteroatoms. The number of allylic oxidation sites excluding steroid dienone is 6. The van der Waals surface area contributed by atoms with Crippen LogP contribution < -0.4 is 5.32 Å². The van der Waals surface area contributed by atoms with Gasteiger partial charge in [0.15, 0.2) is 0 Å². The molecule has 0 saturated carbocycles. The summed E-state index contributed by atoms with van der Waals surface area (Å²) in [5.74, 6) is -0.594. The van der Waals surface area contributed by atoms with Crippen molar-refractivity contribution in [2.75, 3.05) is 6.61 Å². The topological polar surface area (TPSA) is 110 Å². The van der Waals surface area contributed by atoms with E-state index in [4.69, 9.17) is 0 Å². The van der Waals surface area contributed by atoms with Crippen molar-refractivity contribution in [2.24, 2.45) is 0 Å². The maximum absolute atomic E-state index is 12.6. The molecule has 1 amide bonds. The lowest BCUT2D eigenvalue weighted by Crippen LogP contribution is -2.53. The molecule has 0 rings (SSSR count). The van der Waals surface area contributed by atoms with Gasteiger partial charge in [-0.2, -0.15) is 0 Å². The highest BCUT2D eigenvalue weighted by atomic mass is 16.3. The Hall–Kier alpha value is -1.47. The first kappa shape index (κ1) is 67.5. The Labute approximate surface area is 430 Å². The summed E-state index contributed by atoms with van der Waals surface area (Å²) < 4.78 is 0. The highest BCUT2D eigenvalue weighted by molar-refractivity contribution is 5.80. The van der Waals surface area contributed by atoms with Gasteiger partial charge in [0.05, 0.1) is 18.8 Å². The Bertz CT molecular complexity index is 1090. The second-order valence-electron chi connectivity index (χ2n) is 21.4. The van der Waals surface area contributed by atoms with Crippen molar-refractivity contribution in [2.45, 2.75) is 353 Å². The Morgan fingerprint density at radius 1 is 0.348 bits per heavy atom. The molecule has 0 aliphatic rings. The van der Waals surface area contributed by atoms with E-state index in [1.54, 1.807) is 0 Å². The van der Waals surface area contributed by atoms with Gasteiger partial charge in [-0.3, -0.25) is 4.79 Å². The smallest absolute Gasteiger partial charge is 0.249 e. The van der Waals surface area contributed by atoms with Gasteiger partial charge in [-0.25, -0.2) is 0 Å². The van der Waals surface area contributed by atoms with Crippen molar-refractivity contribution < 1.29 is 25.2 Å². The van der Waals surface area contributed by atoms with Crippen molar-refractivity contribution in [1.29, 1.82) is 0 Å². The maximum Gasteiger partial charge on any atom is 0.249 e. The van der Waals surface area contributed by atoms with E-state index >= 15 is 0 Å². The second kappa shape index (κ2) is 57.4. The van der Waals surface area contributed by atoms with Crippen LogP contribution in [0.1, 0.15) is 328 Å². The predicted molar refractivity (Wildman–Crippen MR) is 302 cm³/mol. The minimum absolute atomic E-state index is 0.362. The number of carbonyl (C=O) groups excluding carboxylic acids is 1. The molecule has 0 fully saturated rings. The number of rotatable bonds is 57. The number of amides is 1. The summed E-state index contributed by atoms with van der Waals surface area (Å²) in [7, 11) is 0. The summed E-state index contributed by atoms with van der Waals surface area (Å²) in [5, 5.41) is 44.0.